The molecule has 0 amide bonds. The predicted molar refractivity (Wildman–Crippen MR) is 49.9 cm³/mol. The van der Waals surface area contributed by atoms with Crippen LogP contribution in [0.2, 0.25) is 0 Å². The van der Waals surface area contributed by atoms with Crippen molar-refractivity contribution in [3.63, 3.8) is 0 Å². The number of hydrogen-bond acceptors (Lipinski definition) is 4. The number of carboxylic acids is 1. The molecule has 0 bridgehead atoms. The van der Waals surface area contributed by atoms with Crippen molar-refractivity contribution in [2.24, 2.45) is 0 Å². The average Bonchev–Trinajstić information content (AvgIpc) is 2.48. The Labute approximate surface area is 78.8 Å². The molecule has 0 saturated heterocycles. The SMILES string of the molecule is CSc1nc(CCC(=O)O)cs1. The summed E-state index contributed by atoms with van der Waals surface area (Å²) < 4.78 is 0.996. The van der Waals surface area contributed by atoms with Gasteiger partial charge in [0.15, 0.2) is 0 Å². The number of aliphatic carboxylic acids is 1. The van der Waals surface area contributed by atoms with Crippen molar-refractivity contribution in [1.82, 2.24) is 4.98 Å². The van der Waals surface area contributed by atoms with Crippen LogP contribution in [0, 0.1) is 0 Å². The molecule has 0 radical (unpaired) electrons. The Bertz CT molecular complexity index is 272. The van der Waals surface area contributed by atoms with Crippen LogP contribution in [0.4, 0.5) is 0 Å². The molecule has 1 aromatic heterocycles. The van der Waals surface area contributed by atoms with E-state index in [9.17, 15) is 4.79 Å². The van der Waals surface area contributed by atoms with Gasteiger partial charge in [0.2, 0.25) is 0 Å². The Hall–Kier alpha value is -0.550. The first-order valence-corrected chi connectivity index (χ1v) is 5.53. The molecule has 0 atom stereocenters. The molecule has 3 nitrogen and oxygen atoms in total. The Morgan fingerprint density at radius 1 is 1.83 bits per heavy atom. The molecule has 1 N–H and O–H groups in total. The van der Waals surface area contributed by atoms with E-state index in [1.807, 2.05) is 11.6 Å². The van der Waals surface area contributed by atoms with Crippen LogP contribution in [0.5, 0.6) is 0 Å². The van der Waals surface area contributed by atoms with Gasteiger partial charge in [-0.3, -0.25) is 4.79 Å². The monoisotopic (exact) mass is 203 g/mol. The molecule has 0 spiro atoms. The van der Waals surface area contributed by atoms with Crippen LogP contribution in [0.25, 0.3) is 0 Å². The van der Waals surface area contributed by atoms with E-state index >= 15 is 0 Å². The first-order chi connectivity index (χ1) is 5.72. The van der Waals surface area contributed by atoms with Gasteiger partial charge in [0.1, 0.15) is 4.34 Å². The van der Waals surface area contributed by atoms with Gasteiger partial charge < -0.3 is 5.11 Å². The fourth-order valence-corrected chi connectivity index (χ4v) is 2.05. The number of thioether (sulfide) groups is 1. The van der Waals surface area contributed by atoms with Gasteiger partial charge in [-0.2, -0.15) is 0 Å². The third-order valence-electron chi connectivity index (χ3n) is 1.30. The molecule has 12 heavy (non-hydrogen) atoms. The molecule has 66 valence electrons. The van der Waals surface area contributed by atoms with Crippen molar-refractivity contribution in [3.8, 4) is 0 Å². The number of rotatable bonds is 4. The highest BCUT2D eigenvalue weighted by molar-refractivity contribution is 8.00. The molecule has 1 aromatic rings. The molecule has 0 aliphatic heterocycles. The van der Waals surface area contributed by atoms with E-state index in [2.05, 4.69) is 4.98 Å². The van der Waals surface area contributed by atoms with Gasteiger partial charge in [-0.25, -0.2) is 4.98 Å². The quantitative estimate of drug-likeness (QED) is 0.759. The lowest BCUT2D eigenvalue weighted by Gasteiger charge is -1.89. The van der Waals surface area contributed by atoms with Crippen LogP contribution < -0.4 is 0 Å². The summed E-state index contributed by atoms with van der Waals surface area (Å²) in [6.45, 7) is 0. The lowest BCUT2D eigenvalue weighted by molar-refractivity contribution is -0.136. The molecule has 1 heterocycles. The Balaban J connectivity index is 2.47. The molecular weight excluding hydrogens is 194 g/mol. The maximum Gasteiger partial charge on any atom is 0.303 e. The number of aromatic nitrogens is 1. The second kappa shape index (κ2) is 4.47. The Morgan fingerprint density at radius 3 is 3.08 bits per heavy atom. The topological polar surface area (TPSA) is 50.2 Å². The van der Waals surface area contributed by atoms with E-state index < -0.39 is 5.97 Å². The van der Waals surface area contributed by atoms with Crippen LogP contribution in [0.15, 0.2) is 9.72 Å². The fraction of sp³-hybridized carbons (Fsp3) is 0.429. The molecule has 0 fully saturated rings. The predicted octanol–water partition coefficient (Wildman–Crippen LogP) is 1.88. The van der Waals surface area contributed by atoms with Crippen LogP contribution in [0.1, 0.15) is 12.1 Å². The molecule has 1 rings (SSSR count). The van der Waals surface area contributed by atoms with Gasteiger partial charge in [-0.05, 0) is 6.26 Å². The summed E-state index contributed by atoms with van der Waals surface area (Å²) in [5, 5.41) is 10.3. The zero-order valence-corrected chi connectivity index (χ0v) is 8.24. The van der Waals surface area contributed by atoms with E-state index in [1.165, 1.54) is 0 Å². The fourth-order valence-electron chi connectivity index (χ4n) is 0.732. The van der Waals surface area contributed by atoms with Gasteiger partial charge >= 0.3 is 5.97 Å². The second-order valence-electron chi connectivity index (χ2n) is 2.20. The van der Waals surface area contributed by atoms with Crippen molar-refractivity contribution < 1.29 is 9.90 Å². The summed E-state index contributed by atoms with van der Waals surface area (Å²) in [6, 6.07) is 0. The van der Waals surface area contributed by atoms with Crippen molar-refractivity contribution >= 4 is 29.1 Å². The number of hydrogen-bond donors (Lipinski definition) is 1. The van der Waals surface area contributed by atoms with Gasteiger partial charge in [0.05, 0.1) is 12.1 Å². The van der Waals surface area contributed by atoms with E-state index in [0.717, 1.165) is 10.0 Å². The maximum atomic E-state index is 10.2. The molecule has 0 saturated carbocycles. The van der Waals surface area contributed by atoms with Gasteiger partial charge in [0, 0.05) is 11.8 Å². The summed E-state index contributed by atoms with van der Waals surface area (Å²) in [6.07, 6.45) is 2.66. The number of carboxylic acid groups (broad SMARTS) is 1. The number of carbonyl (C=O) groups is 1. The third-order valence-corrected chi connectivity index (χ3v) is 3.21. The minimum absolute atomic E-state index is 0.164. The highest BCUT2D eigenvalue weighted by Gasteiger charge is 2.03. The van der Waals surface area contributed by atoms with Crippen LogP contribution in [-0.2, 0) is 11.2 Å². The highest BCUT2D eigenvalue weighted by Crippen LogP contribution is 2.20. The first kappa shape index (κ1) is 9.54. The van der Waals surface area contributed by atoms with E-state index in [4.69, 9.17) is 5.11 Å². The second-order valence-corrected chi connectivity index (χ2v) is 4.11. The summed E-state index contributed by atoms with van der Waals surface area (Å²) in [4.78, 5) is 14.4. The van der Waals surface area contributed by atoms with Crippen molar-refractivity contribution in [2.45, 2.75) is 17.2 Å². The molecule has 0 aliphatic carbocycles. The minimum Gasteiger partial charge on any atom is -0.481 e. The molecule has 0 aliphatic rings. The van der Waals surface area contributed by atoms with E-state index in [0.29, 0.717) is 6.42 Å². The van der Waals surface area contributed by atoms with E-state index in [-0.39, 0.29) is 6.42 Å². The number of nitrogens with zero attached hydrogens (tertiary/aromatic N) is 1. The van der Waals surface area contributed by atoms with Gasteiger partial charge in [-0.15, -0.1) is 11.3 Å². The van der Waals surface area contributed by atoms with Gasteiger partial charge in [0.25, 0.3) is 0 Å². The smallest absolute Gasteiger partial charge is 0.303 e. The molecule has 0 aromatic carbocycles. The molecule has 0 unspecified atom stereocenters. The summed E-state index contributed by atoms with van der Waals surface area (Å²) >= 11 is 3.14. The summed E-state index contributed by atoms with van der Waals surface area (Å²) in [5.74, 6) is -0.770. The summed E-state index contributed by atoms with van der Waals surface area (Å²) in [5.41, 5.74) is 0.881. The van der Waals surface area contributed by atoms with Crippen molar-refractivity contribution in [3.05, 3.63) is 11.1 Å². The lowest BCUT2D eigenvalue weighted by Crippen LogP contribution is -1.97. The Kier molecular flexibility index (Phi) is 3.55. The lowest BCUT2D eigenvalue weighted by atomic mass is 10.3. The first-order valence-electron chi connectivity index (χ1n) is 3.42. The zero-order chi connectivity index (χ0) is 8.97. The number of aryl methyl sites for hydroxylation is 1. The average molecular weight is 203 g/mol. The minimum atomic E-state index is -0.770. The van der Waals surface area contributed by atoms with Crippen LogP contribution >= 0.6 is 23.1 Å². The maximum absolute atomic E-state index is 10.2. The van der Waals surface area contributed by atoms with Crippen LogP contribution in [-0.4, -0.2) is 22.3 Å². The van der Waals surface area contributed by atoms with Crippen molar-refractivity contribution in [2.75, 3.05) is 6.26 Å². The number of thiazole rings is 1. The molecular formula is C7H9NO2S2. The third kappa shape index (κ3) is 2.83. The Morgan fingerprint density at radius 2 is 2.58 bits per heavy atom. The highest BCUT2D eigenvalue weighted by atomic mass is 32.2. The van der Waals surface area contributed by atoms with Gasteiger partial charge in [-0.1, -0.05) is 11.8 Å². The summed E-state index contributed by atoms with van der Waals surface area (Å²) in [7, 11) is 0. The standard InChI is InChI=1S/C7H9NO2S2/c1-11-7-8-5(4-12-7)2-3-6(9)10/h4H,2-3H2,1H3,(H,9,10). The molecule has 5 heteroatoms. The zero-order valence-electron chi connectivity index (χ0n) is 6.61. The van der Waals surface area contributed by atoms with Crippen molar-refractivity contribution in [1.29, 1.82) is 0 Å². The van der Waals surface area contributed by atoms with E-state index in [1.54, 1.807) is 23.1 Å². The van der Waals surface area contributed by atoms with Crippen LogP contribution in [0.3, 0.4) is 0 Å². The normalized spacial score (nSPS) is 10.1. The largest absolute Gasteiger partial charge is 0.481 e.